The highest BCUT2D eigenvalue weighted by Gasteiger charge is 2.17. The largest absolute Gasteiger partial charge is 0.501 e. The van der Waals surface area contributed by atoms with Gasteiger partial charge in [0.25, 0.3) is 0 Å². The van der Waals surface area contributed by atoms with E-state index >= 15 is 0 Å². The fourth-order valence-corrected chi connectivity index (χ4v) is 3.21. The van der Waals surface area contributed by atoms with Crippen LogP contribution in [0.4, 0.5) is 0 Å². The molecule has 3 aromatic rings. The maximum atomic E-state index is 5.58. The molecule has 4 rings (SSSR count). The summed E-state index contributed by atoms with van der Waals surface area (Å²) in [6, 6.07) is 2.21. The van der Waals surface area contributed by atoms with E-state index in [1.165, 1.54) is 18.4 Å². The summed E-state index contributed by atoms with van der Waals surface area (Å²) in [6.07, 6.45) is 12.1. The van der Waals surface area contributed by atoms with Crippen LogP contribution in [0.1, 0.15) is 31.2 Å². The van der Waals surface area contributed by atoms with Gasteiger partial charge in [-0.05, 0) is 30.9 Å². The van der Waals surface area contributed by atoms with Crippen molar-refractivity contribution in [3.05, 3.63) is 42.2 Å². The van der Waals surface area contributed by atoms with Crippen LogP contribution < -0.4 is 0 Å². The predicted molar refractivity (Wildman–Crippen MR) is 86.1 cm³/mol. The Hall–Kier alpha value is -2.56. The highest BCUT2D eigenvalue weighted by molar-refractivity contribution is 5.95. The van der Waals surface area contributed by atoms with Crippen molar-refractivity contribution in [1.29, 1.82) is 0 Å². The van der Waals surface area contributed by atoms with E-state index in [9.17, 15) is 0 Å². The van der Waals surface area contributed by atoms with E-state index in [0.717, 1.165) is 46.3 Å². The lowest BCUT2D eigenvalue weighted by molar-refractivity contribution is 0.270. The van der Waals surface area contributed by atoms with Crippen LogP contribution in [0.5, 0.6) is 0 Å². The minimum atomic E-state index is 0.898. The Balaban J connectivity index is 1.86. The van der Waals surface area contributed by atoms with Gasteiger partial charge >= 0.3 is 0 Å². The molecule has 0 unspecified atom stereocenters. The van der Waals surface area contributed by atoms with Crippen molar-refractivity contribution in [1.82, 2.24) is 20.2 Å². The fourth-order valence-electron chi connectivity index (χ4n) is 3.21. The van der Waals surface area contributed by atoms with Gasteiger partial charge in [0.05, 0.1) is 19.1 Å². The van der Waals surface area contributed by atoms with Crippen molar-refractivity contribution in [2.75, 3.05) is 7.11 Å². The molecule has 0 saturated heterocycles. The first-order valence-corrected chi connectivity index (χ1v) is 7.59. The minimum Gasteiger partial charge on any atom is -0.501 e. The summed E-state index contributed by atoms with van der Waals surface area (Å²) < 4.78 is 5.58. The van der Waals surface area contributed by atoms with Crippen LogP contribution in [0.25, 0.3) is 27.7 Å². The van der Waals surface area contributed by atoms with Crippen LogP contribution in [0.2, 0.25) is 0 Å². The number of fused-ring (bicyclic) bond motifs is 1. The Morgan fingerprint density at radius 1 is 1.09 bits per heavy atom. The van der Waals surface area contributed by atoms with Crippen LogP contribution in [0, 0.1) is 0 Å². The highest BCUT2D eigenvalue weighted by Crippen LogP contribution is 2.35. The number of ether oxygens (including phenoxy) is 1. The van der Waals surface area contributed by atoms with E-state index in [2.05, 4.69) is 26.2 Å². The molecule has 0 radical (unpaired) electrons. The molecule has 0 aromatic carbocycles. The summed E-state index contributed by atoms with van der Waals surface area (Å²) >= 11 is 0. The van der Waals surface area contributed by atoms with Gasteiger partial charge in [-0.15, -0.1) is 0 Å². The standard InChI is InChI=1S/C17H18N4O/c1-22-16-5-3-2-4-13(16)11-6-14-15(12-8-20-21-9-12)10-19-17(14)18-7-11/h6-10H,2-5H2,1H3,(H,18,19)(H,20,21). The second kappa shape index (κ2) is 5.33. The summed E-state index contributed by atoms with van der Waals surface area (Å²) in [5.74, 6) is 1.10. The van der Waals surface area contributed by atoms with E-state index in [4.69, 9.17) is 4.74 Å². The van der Waals surface area contributed by atoms with E-state index in [1.807, 2.05) is 24.8 Å². The number of rotatable bonds is 3. The van der Waals surface area contributed by atoms with Crippen molar-refractivity contribution in [3.8, 4) is 11.1 Å². The molecular weight excluding hydrogens is 276 g/mol. The number of pyridine rings is 1. The molecule has 1 aliphatic rings. The molecule has 1 aliphatic carbocycles. The first-order chi connectivity index (χ1) is 10.9. The number of nitrogens with one attached hydrogen (secondary N) is 2. The smallest absolute Gasteiger partial charge is 0.137 e. The van der Waals surface area contributed by atoms with Gasteiger partial charge in [0.2, 0.25) is 0 Å². The molecular formula is C17H18N4O. The van der Waals surface area contributed by atoms with Gasteiger partial charge in [0, 0.05) is 47.1 Å². The summed E-state index contributed by atoms with van der Waals surface area (Å²) in [5, 5.41) is 8.02. The Morgan fingerprint density at radius 3 is 2.82 bits per heavy atom. The van der Waals surface area contributed by atoms with E-state index in [-0.39, 0.29) is 0 Å². The van der Waals surface area contributed by atoms with E-state index in [1.54, 1.807) is 7.11 Å². The quantitative estimate of drug-likeness (QED) is 0.770. The molecule has 0 aliphatic heterocycles. The molecule has 2 N–H and O–H groups in total. The average Bonchev–Trinajstić information content (AvgIpc) is 3.23. The summed E-state index contributed by atoms with van der Waals surface area (Å²) in [7, 11) is 1.76. The fraction of sp³-hybridized carbons (Fsp3) is 0.294. The van der Waals surface area contributed by atoms with E-state index < -0.39 is 0 Å². The average molecular weight is 294 g/mol. The molecule has 0 amide bonds. The summed E-state index contributed by atoms with van der Waals surface area (Å²) in [5.41, 5.74) is 5.54. The number of aromatic amines is 2. The van der Waals surface area contributed by atoms with Gasteiger partial charge in [0.15, 0.2) is 0 Å². The first kappa shape index (κ1) is 13.1. The lowest BCUT2D eigenvalue weighted by Gasteiger charge is -2.19. The number of methoxy groups -OCH3 is 1. The zero-order valence-electron chi connectivity index (χ0n) is 12.5. The van der Waals surface area contributed by atoms with Crippen LogP contribution in [-0.2, 0) is 4.74 Å². The van der Waals surface area contributed by atoms with Gasteiger partial charge in [-0.3, -0.25) is 5.10 Å². The van der Waals surface area contributed by atoms with Crippen molar-refractivity contribution >= 4 is 16.6 Å². The number of hydrogen-bond donors (Lipinski definition) is 2. The van der Waals surface area contributed by atoms with Crippen LogP contribution in [-0.4, -0.2) is 27.3 Å². The van der Waals surface area contributed by atoms with Crippen molar-refractivity contribution in [2.24, 2.45) is 0 Å². The second-order valence-corrected chi connectivity index (χ2v) is 5.62. The number of aromatic nitrogens is 4. The number of hydrogen-bond acceptors (Lipinski definition) is 3. The normalized spacial score (nSPS) is 15.5. The molecule has 112 valence electrons. The van der Waals surface area contributed by atoms with Crippen LogP contribution in [0.15, 0.2) is 36.6 Å². The zero-order valence-corrected chi connectivity index (χ0v) is 12.5. The molecule has 0 bridgehead atoms. The Morgan fingerprint density at radius 2 is 2.00 bits per heavy atom. The zero-order chi connectivity index (χ0) is 14.9. The number of nitrogens with zero attached hydrogens (tertiary/aromatic N) is 2. The monoisotopic (exact) mass is 294 g/mol. The van der Waals surface area contributed by atoms with Gasteiger partial charge in [0.1, 0.15) is 5.65 Å². The highest BCUT2D eigenvalue weighted by atomic mass is 16.5. The predicted octanol–water partition coefficient (Wildman–Crippen LogP) is 3.88. The summed E-state index contributed by atoms with van der Waals surface area (Å²) in [6.45, 7) is 0. The topological polar surface area (TPSA) is 66.6 Å². The third kappa shape index (κ3) is 2.09. The van der Waals surface area contributed by atoms with E-state index in [0.29, 0.717) is 0 Å². The molecule has 3 heterocycles. The van der Waals surface area contributed by atoms with Crippen molar-refractivity contribution < 1.29 is 4.74 Å². The number of H-pyrrole nitrogens is 2. The molecule has 3 aromatic heterocycles. The molecule has 22 heavy (non-hydrogen) atoms. The first-order valence-electron chi connectivity index (χ1n) is 7.59. The van der Waals surface area contributed by atoms with Gasteiger partial charge in [-0.2, -0.15) is 5.10 Å². The maximum absolute atomic E-state index is 5.58. The van der Waals surface area contributed by atoms with Crippen LogP contribution >= 0.6 is 0 Å². The molecule has 5 nitrogen and oxygen atoms in total. The Kier molecular flexibility index (Phi) is 3.18. The van der Waals surface area contributed by atoms with Gasteiger partial charge < -0.3 is 9.72 Å². The lowest BCUT2D eigenvalue weighted by Crippen LogP contribution is -2.01. The SMILES string of the molecule is COC1=C(c2cnc3[nH]cc(-c4cn[nH]c4)c3c2)CCCC1. The third-order valence-electron chi connectivity index (χ3n) is 4.35. The van der Waals surface area contributed by atoms with Crippen molar-refractivity contribution in [2.45, 2.75) is 25.7 Å². The van der Waals surface area contributed by atoms with Crippen molar-refractivity contribution in [3.63, 3.8) is 0 Å². The number of allylic oxidation sites excluding steroid dienone is 2. The second-order valence-electron chi connectivity index (χ2n) is 5.62. The van der Waals surface area contributed by atoms with Gasteiger partial charge in [-0.25, -0.2) is 4.98 Å². The molecule has 0 atom stereocenters. The van der Waals surface area contributed by atoms with Crippen LogP contribution in [0.3, 0.4) is 0 Å². The lowest BCUT2D eigenvalue weighted by atomic mass is 9.92. The third-order valence-corrected chi connectivity index (χ3v) is 4.35. The molecule has 0 fully saturated rings. The minimum absolute atomic E-state index is 0.898. The Labute approximate surface area is 128 Å². The summed E-state index contributed by atoms with van der Waals surface area (Å²) in [4.78, 5) is 7.81. The molecule has 0 saturated carbocycles. The molecule has 5 heteroatoms. The molecule has 0 spiro atoms. The maximum Gasteiger partial charge on any atom is 0.137 e. The Bertz CT molecular complexity index is 830. The van der Waals surface area contributed by atoms with Gasteiger partial charge in [-0.1, -0.05) is 0 Å².